The molecule has 0 saturated carbocycles. The zero-order valence-corrected chi connectivity index (χ0v) is 16.1. The second-order valence-corrected chi connectivity index (χ2v) is 9.42. The lowest BCUT2D eigenvalue weighted by Crippen LogP contribution is -2.37. The number of fused-ring (bicyclic) bond motifs is 1. The number of benzene rings is 2. The maximum absolute atomic E-state index is 14.1. The highest BCUT2D eigenvalue weighted by Gasteiger charge is 2.51. The molecule has 2 fully saturated rings. The molecule has 6 nitrogen and oxygen atoms in total. The van der Waals surface area contributed by atoms with E-state index < -0.39 is 21.7 Å². The number of aromatic hydroxyl groups is 1. The number of carbonyl (C=O) groups is 1. The standard InChI is InChI=1S/C20H21FN2O4S/c1-28(26,27)23-11-14-10-22(20(25)16-8-7-15(24)9-18(16)21)12-17(14)19(23)13-5-3-2-4-6-13/h2-9,14,17,19,24H,10-12H2,1H3/t14-,17-,19+/m1/s1. The average molecular weight is 404 g/mol. The van der Waals surface area contributed by atoms with Gasteiger partial charge in [-0.3, -0.25) is 4.79 Å². The summed E-state index contributed by atoms with van der Waals surface area (Å²) in [6, 6.07) is 12.5. The van der Waals surface area contributed by atoms with Gasteiger partial charge in [-0.05, 0) is 23.6 Å². The molecule has 148 valence electrons. The fourth-order valence-corrected chi connectivity index (χ4v) is 5.58. The van der Waals surface area contributed by atoms with Gasteiger partial charge in [0.2, 0.25) is 10.0 Å². The number of amides is 1. The third-order valence-corrected chi connectivity index (χ3v) is 6.89. The van der Waals surface area contributed by atoms with Gasteiger partial charge in [-0.25, -0.2) is 12.8 Å². The second kappa shape index (κ2) is 6.86. The molecule has 3 atom stereocenters. The summed E-state index contributed by atoms with van der Waals surface area (Å²) in [5.74, 6) is -1.50. The van der Waals surface area contributed by atoms with Crippen molar-refractivity contribution < 1.29 is 22.7 Å². The fourth-order valence-electron chi connectivity index (χ4n) is 4.42. The number of likely N-dealkylation sites (tertiary alicyclic amines) is 1. The van der Waals surface area contributed by atoms with Crippen molar-refractivity contribution in [1.29, 1.82) is 0 Å². The van der Waals surface area contributed by atoms with Crippen molar-refractivity contribution in [2.24, 2.45) is 11.8 Å². The zero-order valence-electron chi connectivity index (χ0n) is 15.3. The van der Waals surface area contributed by atoms with Crippen LogP contribution in [-0.2, 0) is 10.0 Å². The average Bonchev–Trinajstić information content (AvgIpc) is 3.19. The van der Waals surface area contributed by atoms with E-state index in [9.17, 15) is 22.7 Å². The molecule has 0 bridgehead atoms. The number of hydrogen-bond acceptors (Lipinski definition) is 4. The third-order valence-electron chi connectivity index (χ3n) is 5.66. The van der Waals surface area contributed by atoms with Gasteiger partial charge in [-0.2, -0.15) is 4.31 Å². The van der Waals surface area contributed by atoms with Gasteiger partial charge in [0.15, 0.2) is 0 Å². The number of phenolic OH excluding ortho intramolecular Hbond substituents is 1. The monoisotopic (exact) mass is 404 g/mol. The fraction of sp³-hybridized carbons (Fsp3) is 0.350. The Bertz CT molecular complexity index is 1010. The lowest BCUT2D eigenvalue weighted by atomic mass is 9.90. The maximum Gasteiger partial charge on any atom is 0.256 e. The van der Waals surface area contributed by atoms with Crippen molar-refractivity contribution >= 4 is 15.9 Å². The van der Waals surface area contributed by atoms with E-state index in [0.717, 1.165) is 11.6 Å². The summed E-state index contributed by atoms with van der Waals surface area (Å²) in [6.07, 6.45) is 1.21. The molecule has 0 radical (unpaired) electrons. The minimum Gasteiger partial charge on any atom is -0.508 e. The van der Waals surface area contributed by atoms with Crippen LogP contribution in [0.25, 0.3) is 0 Å². The molecule has 0 aromatic heterocycles. The largest absolute Gasteiger partial charge is 0.508 e. The van der Waals surface area contributed by atoms with Crippen LogP contribution in [0.2, 0.25) is 0 Å². The van der Waals surface area contributed by atoms with Crippen molar-refractivity contribution in [1.82, 2.24) is 9.21 Å². The molecule has 1 amide bonds. The highest BCUT2D eigenvalue weighted by atomic mass is 32.2. The summed E-state index contributed by atoms with van der Waals surface area (Å²) >= 11 is 0. The Morgan fingerprint density at radius 3 is 2.46 bits per heavy atom. The predicted octanol–water partition coefficient (Wildman–Crippen LogP) is 2.24. The van der Waals surface area contributed by atoms with Gasteiger partial charge >= 0.3 is 0 Å². The summed E-state index contributed by atoms with van der Waals surface area (Å²) in [5, 5.41) is 9.35. The van der Waals surface area contributed by atoms with E-state index in [-0.39, 0.29) is 29.2 Å². The van der Waals surface area contributed by atoms with Gasteiger partial charge in [0.25, 0.3) is 5.91 Å². The van der Waals surface area contributed by atoms with Crippen LogP contribution in [-0.4, -0.2) is 54.5 Å². The summed E-state index contributed by atoms with van der Waals surface area (Å²) in [4.78, 5) is 14.4. The molecule has 0 aliphatic carbocycles. The van der Waals surface area contributed by atoms with Crippen molar-refractivity contribution in [2.45, 2.75) is 6.04 Å². The molecule has 0 spiro atoms. The van der Waals surface area contributed by atoms with E-state index in [1.807, 2.05) is 30.3 Å². The molecule has 2 saturated heterocycles. The molecular weight excluding hydrogens is 383 g/mol. The van der Waals surface area contributed by atoms with Gasteiger partial charge in [0.05, 0.1) is 17.9 Å². The Hall–Kier alpha value is -2.45. The van der Waals surface area contributed by atoms with E-state index in [1.54, 1.807) is 4.90 Å². The summed E-state index contributed by atoms with van der Waals surface area (Å²) in [6.45, 7) is 1.07. The summed E-state index contributed by atoms with van der Waals surface area (Å²) in [5.41, 5.74) is 0.805. The molecular formula is C20H21FN2O4S. The topological polar surface area (TPSA) is 77.9 Å². The first-order valence-electron chi connectivity index (χ1n) is 9.05. The van der Waals surface area contributed by atoms with Gasteiger partial charge in [0, 0.05) is 31.6 Å². The van der Waals surface area contributed by atoms with Crippen LogP contribution in [0.4, 0.5) is 4.39 Å². The number of nitrogens with zero attached hydrogens (tertiary/aromatic N) is 2. The first kappa shape index (κ1) is 18.9. The zero-order chi connectivity index (χ0) is 20.1. The number of carbonyl (C=O) groups excluding carboxylic acids is 1. The Morgan fingerprint density at radius 2 is 1.82 bits per heavy atom. The molecule has 0 unspecified atom stereocenters. The van der Waals surface area contributed by atoms with Crippen LogP contribution in [0.5, 0.6) is 5.75 Å². The molecule has 1 N–H and O–H groups in total. The van der Waals surface area contributed by atoms with Gasteiger partial charge < -0.3 is 10.0 Å². The van der Waals surface area contributed by atoms with E-state index in [1.165, 1.54) is 22.7 Å². The molecule has 28 heavy (non-hydrogen) atoms. The van der Waals surface area contributed by atoms with E-state index in [4.69, 9.17) is 0 Å². The minimum atomic E-state index is -3.40. The first-order valence-corrected chi connectivity index (χ1v) is 10.9. The Morgan fingerprint density at radius 1 is 1.11 bits per heavy atom. The van der Waals surface area contributed by atoms with Crippen LogP contribution in [0, 0.1) is 17.7 Å². The smallest absolute Gasteiger partial charge is 0.256 e. The van der Waals surface area contributed by atoms with Crippen LogP contribution in [0.15, 0.2) is 48.5 Å². The van der Waals surface area contributed by atoms with E-state index in [2.05, 4.69) is 0 Å². The number of phenols is 1. The molecule has 8 heteroatoms. The second-order valence-electron chi connectivity index (χ2n) is 7.49. The maximum atomic E-state index is 14.1. The van der Waals surface area contributed by atoms with Crippen molar-refractivity contribution in [2.75, 3.05) is 25.9 Å². The number of hydrogen-bond donors (Lipinski definition) is 1. The van der Waals surface area contributed by atoms with Gasteiger partial charge in [-0.15, -0.1) is 0 Å². The Labute approximate surface area is 163 Å². The van der Waals surface area contributed by atoms with Gasteiger partial charge in [-0.1, -0.05) is 30.3 Å². The van der Waals surface area contributed by atoms with Crippen LogP contribution >= 0.6 is 0 Å². The van der Waals surface area contributed by atoms with E-state index in [0.29, 0.717) is 19.6 Å². The number of sulfonamides is 1. The lowest BCUT2D eigenvalue weighted by Gasteiger charge is -2.28. The van der Waals surface area contributed by atoms with Crippen molar-refractivity contribution in [3.63, 3.8) is 0 Å². The quantitative estimate of drug-likeness (QED) is 0.851. The normalized spacial score (nSPS) is 25.1. The molecule has 2 heterocycles. The molecule has 2 aromatic carbocycles. The predicted molar refractivity (Wildman–Crippen MR) is 102 cm³/mol. The highest BCUT2D eigenvalue weighted by molar-refractivity contribution is 7.88. The Kier molecular flexibility index (Phi) is 4.63. The molecule has 2 aliphatic heterocycles. The molecule has 2 aliphatic rings. The summed E-state index contributed by atoms with van der Waals surface area (Å²) in [7, 11) is -3.40. The van der Waals surface area contributed by atoms with Crippen LogP contribution in [0.1, 0.15) is 22.0 Å². The Balaban J connectivity index is 1.62. The third kappa shape index (κ3) is 3.27. The molecule has 2 aromatic rings. The first-order chi connectivity index (χ1) is 13.3. The van der Waals surface area contributed by atoms with Crippen LogP contribution < -0.4 is 0 Å². The van der Waals surface area contributed by atoms with Gasteiger partial charge in [0.1, 0.15) is 11.6 Å². The lowest BCUT2D eigenvalue weighted by molar-refractivity contribution is 0.0769. The summed E-state index contributed by atoms with van der Waals surface area (Å²) < 4.78 is 40.3. The SMILES string of the molecule is CS(=O)(=O)N1C[C@H]2CN(C(=O)c3ccc(O)cc3F)C[C@H]2[C@@H]1c1ccccc1. The minimum absolute atomic E-state index is 0.0101. The van der Waals surface area contributed by atoms with E-state index >= 15 is 0 Å². The van der Waals surface area contributed by atoms with Crippen molar-refractivity contribution in [3.8, 4) is 5.75 Å². The highest BCUT2D eigenvalue weighted by Crippen LogP contribution is 2.46. The number of halogens is 1. The van der Waals surface area contributed by atoms with Crippen LogP contribution in [0.3, 0.4) is 0 Å². The van der Waals surface area contributed by atoms with Crippen molar-refractivity contribution in [3.05, 3.63) is 65.5 Å². The molecule has 4 rings (SSSR count). The number of rotatable bonds is 3.